The average molecular weight is 189 g/mol. The van der Waals surface area contributed by atoms with E-state index in [4.69, 9.17) is 0 Å². The summed E-state index contributed by atoms with van der Waals surface area (Å²) in [5.41, 5.74) is 1.36. The van der Waals surface area contributed by atoms with Crippen LogP contribution in [0.25, 0.3) is 0 Å². The first-order valence-electron chi connectivity index (χ1n) is 5.08. The van der Waals surface area contributed by atoms with Crippen molar-refractivity contribution in [3.8, 4) is 0 Å². The molecule has 2 heteroatoms. The van der Waals surface area contributed by atoms with Crippen molar-refractivity contribution >= 4 is 5.91 Å². The van der Waals surface area contributed by atoms with Gasteiger partial charge in [-0.2, -0.15) is 0 Å². The maximum absolute atomic E-state index is 11.1. The second-order valence-corrected chi connectivity index (χ2v) is 3.86. The minimum atomic E-state index is 0.198. The maximum Gasteiger partial charge on any atom is 0.219 e. The van der Waals surface area contributed by atoms with Gasteiger partial charge in [-0.15, -0.1) is 0 Å². The van der Waals surface area contributed by atoms with Crippen LogP contribution in [-0.2, 0) is 4.79 Å². The second-order valence-electron chi connectivity index (χ2n) is 3.86. The largest absolute Gasteiger partial charge is 0.342 e. The van der Waals surface area contributed by atoms with Crippen molar-refractivity contribution in [3.63, 3.8) is 0 Å². The van der Waals surface area contributed by atoms with Gasteiger partial charge in [-0.3, -0.25) is 4.79 Å². The summed E-state index contributed by atoms with van der Waals surface area (Å²) >= 11 is 0. The zero-order chi connectivity index (χ0) is 9.97. The lowest BCUT2D eigenvalue weighted by Crippen LogP contribution is -2.25. The summed E-state index contributed by atoms with van der Waals surface area (Å²) in [5, 5.41) is 0. The summed E-state index contributed by atoms with van der Waals surface area (Å²) < 4.78 is 0. The number of rotatable bonds is 1. The molecule has 1 aromatic rings. The van der Waals surface area contributed by atoms with Crippen molar-refractivity contribution in [3.05, 3.63) is 35.9 Å². The normalized spacial score (nSPS) is 21.2. The third-order valence-corrected chi connectivity index (χ3v) is 2.90. The van der Waals surface area contributed by atoms with Gasteiger partial charge in [-0.25, -0.2) is 0 Å². The summed E-state index contributed by atoms with van der Waals surface area (Å²) in [7, 11) is 0. The van der Waals surface area contributed by atoms with Gasteiger partial charge in [-0.05, 0) is 12.0 Å². The van der Waals surface area contributed by atoms with Crippen LogP contribution in [0.2, 0.25) is 0 Å². The fourth-order valence-corrected chi connectivity index (χ4v) is 2.04. The molecule has 1 fully saturated rings. The molecule has 0 aromatic heterocycles. The summed E-state index contributed by atoms with van der Waals surface area (Å²) in [4.78, 5) is 13.1. The third-order valence-electron chi connectivity index (χ3n) is 2.90. The van der Waals surface area contributed by atoms with Crippen LogP contribution < -0.4 is 0 Å². The topological polar surface area (TPSA) is 20.3 Å². The molecular formula is C12H15NO. The average Bonchev–Trinajstić information content (AvgIpc) is 2.68. The van der Waals surface area contributed by atoms with Gasteiger partial charge in [0.2, 0.25) is 5.91 Å². The van der Waals surface area contributed by atoms with E-state index in [1.165, 1.54) is 5.56 Å². The number of hydrogen-bond donors (Lipinski definition) is 0. The lowest BCUT2D eigenvalue weighted by atomic mass is 9.99. The highest BCUT2D eigenvalue weighted by molar-refractivity contribution is 5.73. The molecule has 0 unspecified atom stereocenters. The van der Waals surface area contributed by atoms with Crippen LogP contribution in [0.5, 0.6) is 0 Å². The first-order chi connectivity index (χ1) is 6.77. The Labute approximate surface area is 84.5 Å². The lowest BCUT2D eigenvalue weighted by Gasteiger charge is -2.13. The summed E-state index contributed by atoms with van der Waals surface area (Å²) in [6, 6.07) is 10.4. The van der Waals surface area contributed by atoms with E-state index in [2.05, 4.69) is 24.3 Å². The molecule has 1 saturated heterocycles. The van der Waals surface area contributed by atoms with E-state index in [9.17, 15) is 4.79 Å². The highest BCUT2D eigenvalue weighted by atomic mass is 16.2. The molecule has 0 aliphatic carbocycles. The standard InChI is InChI=1S/C12H15NO/c1-10(14)13-8-7-12(9-13)11-5-3-2-4-6-11/h2-6,12H,7-9H2,1H3/t12-/m1/s1. The smallest absolute Gasteiger partial charge is 0.219 e. The Hall–Kier alpha value is -1.31. The highest BCUT2D eigenvalue weighted by Gasteiger charge is 2.24. The molecule has 1 aromatic carbocycles. The van der Waals surface area contributed by atoms with Crippen molar-refractivity contribution < 1.29 is 4.79 Å². The van der Waals surface area contributed by atoms with Gasteiger partial charge in [0.05, 0.1) is 0 Å². The van der Waals surface area contributed by atoms with Crippen LogP contribution in [-0.4, -0.2) is 23.9 Å². The zero-order valence-electron chi connectivity index (χ0n) is 8.44. The summed E-state index contributed by atoms with van der Waals surface area (Å²) in [5.74, 6) is 0.739. The number of nitrogens with zero attached hydrogens (tertiary/aromatic N) is 1. The number of carbonyl (C=O) groups excluding carboxylic acids is 1. The van der Waals surface area contributed by atoms with Crippen molar-refractivity contribution in [2.75, 3.05) is 13.1 Å². The molecule has 0 N–H and O–H groups in total. The van der Waals surface area contributed by atoms with E-state index < -0.39 is 0 Å². The van der Waals surface area contributed by atoms with Crippen LogP contribution in [0.15, 0.2) is 30.3 Å². The molecule has 74 valence electrons. The van der Waals surface area contributed by atoms with Crippen LogP contribution in [0.3, 0.4) is 0 Å². The molecule has 1 amide bonds. The molecule has 0 saturated carbocycles. The van der Waals surface area contributed by atoms with Gasteiger partial charge < -0.3 is 4.90 Å². The molecule has 1 heterocycles. The van der Waals surface area contributed by atoms with Gasteiger partial charge in [0.1, 0.15) is 0 Å². The van der Waals surface area contributed by atoms with E-state index in [-0.39, 0.29) is 5.91 Å². The lowest BCUT2D eigenvalue weighted by molar-refractivity contribution is -0.127. The van der Waals surface area contributed by atoms with Crippen molar-refractivity contribution in [1.82, 2.24) is 4.90 Å². The van der Waals surface area contributed by atoms with Crippen LogP contribution in [0.4, 0.5) is 0 Å². The Morgan fingerprint density at radius 3 is 2.64 bits per heavy atom. The Bertz CT molecular complexity index is 320. The zero-order valence-corrected chi connectivity index (χ0v) is 8.44. The first-order valence-corrected chi connectivity index (χ1v) is 5.08. The van der Waals surface area contributed by atoms with E-state index in [0.717, 1.165) is 19.5 Å². The van der Waals surface area contributed by atoms with Gasteiger partial charge in [0.25, 0.3) is 0 Å². The molecule has 1 atom stereocenters. The van der Waals surface area contributed by atoms with E-state index in [0.29, 0.717) is 5.92 Å². The van der Waals surface area contributed by atoms with E-state index in [1.807, 2.05) is 11.0 Å². The van der Waals surface area contributed by atoms with E-state index >= 15 is 0 Å². The minimum Gasteiger partial charge on any atom is -0.342 e. The number of amides is 1. The number of benzene rings is 1. The second kappa shape index (κ2) is 3.82. The third kappa shape index (κ3) is 1.79. The van der Waals surface area contributed by atoms with Crippen LogP contribution in [0, 0.1) is 0 Å². The SMILES string of the molecule is CC(=O)N1CC[C@@H](c2ccccc2)C1. The molecule has 1 aliphatic heterocycles. The van der Waals surface area contributed by atoms with Crippen molar-refractivity contribution in [1.29, 1.82) is 0 Å². The Balaban J connectivity index is 2.06. The maximum atomic E-state index is 11.1. The predicted octanol–water partition coefficient (Wildman–Crippen LogP) is 2.02. The highest BCUT2D eigenvalue weighted by Crippen LogP contribution is 2.26. The number of likely N-dealkylation sites (tertiary alicyclic amines) is 1. The molecule has 0 spiro atoms. The molecule has 14 heavy (non-hydrogen) atoms. The number of carbonyl (C=O) groups is 1. The van der Waals surface area contributed by atoms with Gasteiger partial charge in [0, 0.05) is 25.9 Å². The molecule has 2 rings (SSSR count). The van der Waals surface area contributed by atoms with Gasteiger partial charge >= 0.3 is 0 Å². The van der Waals surface area contributed by atoms with Crippen molar-refractivity contribution in [2.45, 2.75) is 19.3 Å². The fraction of sp³-hybridized carbons (Fsp3) is 0.417. The molecular weight excluding hydrogens is 174 g/mol. The van der Waals surface area contributed by atoms with Gasteiger partial charge in [0.15, 0.2) is 0 Å². The van der Waals surface area contributed by atoms with Crippen LogP contribution in [0.1, 0.15) is 24.8 Å². The monoisotopic (exact) mass is 189 g/mol. The molecule has 0 bridgehead atoms. The molecule has 0 radical (unpaired) electrons. The Kier molecular flexibility index (Phi) is 2.53. The Morgan fingerprint density at radius 1 is 1.36 bits per heavy atom. The van der Waals surface area contributed by atoms with Gasteiger partial charge in [-0.1, -0.05) is 30.3 Å². The first kappa shape index (κ1) is 9.25. The summed E-state index contributed by atoms with van der Waals surface area (Å²) in [6.07, 6.45) is 1.10. The molecule has 1 aliphatic rings. The van der Waals surface area contributed by atoms with Crippen molar-refractivity contribution in [2.24, 2.45) is 0 Å². The predicted molar refractivity (Wildman–Crippen MR) is 56.1 cm³/mol. The van der Waals surface area contributed by atoms with Crippen LogP contribution >= 0.6 is 0 Å². The number of hydrogen-bond acceptors (Lipinski definition) is 1. The minimum absolute atomic E-state index is 0.198. The Morgan fingerprint density at radius 2 is 2.07 bits per heavy atom. The molecule has 2 nitrogen and oxygen atoms in total. The quantitative estimate of drug-likeness (QED) is 0.662. The summed E-state index contributed by atoms with van der Waals surface area (Å²) in [6.45, 7) is 3.45. The fourth-order valence-electron chi connectivity index (χ4n) is 2.04. The van der Waals surface area contributed by atoms with E-state index in [1.54, 1.807) is 6.92 Å².